The van der Waals surface area contributed by atoms with Crippen LogP contribution in [0, 0.1) is 5.92 Å². The molecule has 2 N–H and O–H groups in total. The summed E-state index contributed by atoms with van der Waals surface area (Å²) in [7, 11) is 0. The fraction of sp³-hybridized carbons (Fsp3) is 0.583. The Kier molecular flexibility index (Phi) is 5.05. The van der Waals surface area contributed by atoms with E-state index in [0.717, 1.165) is 13.0 Å². The second-order valence-electron chi connectivity index (χ2n) is 4.30. The SMILES string of the molecule is CC(C)CN(CCCN)C(=O)c1ccoc1. The highest BCUT2D eigenvalue weighted by atomic mass is 16.3. The van der Waals surface area contributed by atoms with Crippen molar-refractivity contribution in [1.29, 1.82) is 0 Å². The van der Waals surface area contributed by atoms with Gasteiger partial charge in [0.1, 0.15) is 6.26 Å². The number of nitrogens with zero attached hydrogens (tertiary/aromatic N) is 1. The Morgan fingerprint density at radius 1 is 1.56 bits per heavy atom. The number of carbonyl (C=O) groups excluding carboxylic acids is 1. The highest BCUT2D eigenvalue weighted by Crippen LogP contribution is 2.08. The minimum atomic E-state index is 0.0240. The normalized spacial score (nSPS) is 10.8. The molecule has 0 saturated carbocycles. The van der Waals surface area contributed by atoms with Gasteiger partial charge in [-0.05, 0) is 24.9 Å². The van der Waals surface area contributed by atoms with E-state index in [1.807, 2.05) is 4.90 Å². The van der Waals surface area contributed by atoms with Crippen LogP contribution < -0.4 is 5.73 Å². The Hall–Kier alpha value is -1.29. The summed E-state index contributed by atoms with van der Waals surface area (Å²) >= 11 is 0. The first-order valence-electron chi connectivity index (χ1n) is 5.66. The van der Waals surface area contributed by atoms with Crippen molar-refractivity contribution in [3.05, 3.63) is 24.2 Å². The van der Waals surface area contributed by atoms with Crippen LogP contribution in [0.5, 0.6) is 0 Å². The summed E-state index contributed by atoms with van der Waals surface area (Å²) in [6, 6.07) is 1.69. The maximum atomic E-state index is 12.1. The fourth-order valence-electron chi connectivity index (χ4n) is 1.57. The molecule has 0 aromatic carbocycles. The van der Waals surface area contributed by atoms with Gasteiger partial charge in [-0.1, -0.05) is 13.8 Å². The lowest BCUT2D eigenvalue weighted by Gasteiger charge is -2.23. The van der Waals surface area contributed by atoms with Crippen LogP contribution in [0.1, 0.15) is 30.6 Å². The van der Waals surface area contributed by atoms with Gasteiger partial charge in [0, 0.05) is 13.1 Å². The minimum Gasteiger partial charge on any atom is -0.472 e. The van der Waals surface area contributed by atoms with Crippen molar-refractivity contribution in [3.63, 3.8) is 0 Å². The molecular weight excluding hydrogens is 204 g/mol. The quantitative estimate of drug-likeness (QED) is 0.800. The lowest BCUT2D eigenvalue weighted by atomic mass is 10.2. The highest BCUT2D eigenvalue weighted by molar-refractivity contribution is 5.93. The molecule has 16 heavy (non-hydrogen) atoms. The van der Waals surface area contributed by atoms with Gasteiger partial charge in [-0.3, -0.25) is 4.79 Å². The first-order chi connectivity index (χ1) is 7.65. The largest absolute Gasteiger partial charge is 0.472 e. The van der Waals surface area contributed by atoms with E-state index in [1.54, 1.807) is 6.07 Å². The van der Waals surface area contributed by atoms with Gasteiger partial charge in [-0.25, -0.2) is 0 Å². The van der Waals surface area contributed by atoms with Gasteiger partial charge in [-0.2, -0.15) is 0 Å². The van der Waals surface area contributed by atoms with E-state index in [4.69, 9.17) is 10.2 Å². The molecule has 1 aromatic heterocycles. The van der Waals surface area contributed by atoms with Crippen molar-refractivity contribution in [2.45, 2.75) is 20.3 Å². The lowest BCUT2D eigenvalue weighted by Crippen LogP contribution is -2.35. The third kappa shape index (κ3) is 3.70. The van der Waals surface area contributed by atoms with Crippen LogP contribution >= 0.6 is 0 Å². The highest BCUT2D eigenvalue weighted by Gasteiger charge is 2.17. The van der Waals surface area contributed by atoms with Crippen LogP contribution in [0.4, 0.5) is 0 Å². The molecule has 1 amide bonds. The zero-order valence-corrected chi connectivity index (χ0v) is 9.98. The Labute approximate surface area is 96.4 Å². The van der Waals surface area contributed by atoms with Crippen molar-refractivity contribution in [2.24, 2.45) is 11.7 Å². The van der Waals surface area contributed by atoms with Crippen LogP contribution in [0.25, 0.3) is 0 Å². The Morgan fingerprint density at radius 3 is 2.81 bits per heavy atom. The third-order valence-corrected chi connectivity index (χ3v) is 2.27. The van der Waals surface area contributed by atoms with Gasteiger partial charge in [0.05, 0.1) is 11.8 Å². The van der Waals surface area contributed by atoms with E-state index in [1.165, 1.54) is 12.5 Å². The maximum absolute atomic E-state index is 12.1. The molecule has 0 spiro atoms. The van der Waals surface area contributed by atoms with E-state index in [9.17, 15) is 4.79 Å². The molecule has 4 nitrogen and oxygen atoms in total. The molecule has 0 atom stereocenters. The van der Waals surface area contributed by atoms with Crippen LogP contribution in [0.3, 0.4) is 0 Å². The second-order valence-corrected chi connectivity index (χ2v) is 4.30. The Morgan fingerprint density at radius 2 is 2.31 bits per heavy atom. The van der Waals surface area contributed by atoms with Gasteiger partial charge in [0.15, 0.2) is 0 Å². The van der Waals surface area contributed by atoms with Crippen molar-refractivity contribution >= 4 is 5.91 Å². The van der Waals surface area contributed by atoms with Crippen LogP contribution in [-0.2, 0) is 0 Å². The molecule has 0 aliphatic heterocycles. The zero-order chi connectivity index (χ0) is 12.0. The summed E-state index contributed by atoms with van der Waals surface area (Å²) in [6.07, 6.45) is 3.83. The van der Waals surface area contributed by atoms with E-state index in [2.05, 4.69) is 13.8 Å². The summed E-state index contributed by atoms with van der Waals surface area (Å²) in [5, 5.41) is 0. The van der Waals surface area contributed by atoms with E-state index < -0.39 is 0 Å². The third-order valence-electron chi connectivity index (χ3n) is 2.27. The Balaban J connectivity index is 2.64. The number of hydrogen-bond donors (Lipinski definition) is 1. The molecule has 0 unspecified atom stereocenters. The number of carbonyl (C=O) groups is 1. The van der Waals surface area contributed by atoms with Crippen LogP contribution in [0.2, 0.25) is 0 Å². The maximum Gasteiger partial charge on any atom is 0.257 e. The molecule has 0 aliphatic rings. The number of amides is 1. The van der Waals surface area contributed by atoms with E-state index in [0.29, 0.717) is 24.6 Å². The number of furan rings is 1. The molecule has 4 heteroatoms. The topological polar surface area (TPSA) is 59.5 Å². The first kappa shape index (κ1) is 12.8. The molecule has 90 valence electrons. The summed E-state index contributed by atoms with van der Waals surface area (Å²) in [5.41, 5.74) is 6.08. The van der Waals surface area contributed by atoms with Crippen molar-refractivity contribution in [2.75, 3.05) is 19.6 Å². The van der Waals surface area contributed by atoms with Gasteiger partial charge >= 0.3 is 0 Å². The standard InChI is InChI=1S/C12H20N2O2/c1-10(2)8-14(6-3-5-13)12(15)11-4-7-16-9-11/h4,7,9-10H,3,5-6,8,13H2,1-2H3. The van der Waals surface area contributed by atoms with Crippen molar-refractivity contribution in [1.82, 2.24) is 4.90 Å². The first-order valence-corrected chi connectivity index (χ1v) is 5.66. The average molecular weight is 224 g/mol. The van der Waals surface area contributed by atoms with Gasteiger partial charge in [-0.15, -0.1) is 0 Å². The molecule has 1 rings (SSSR count). The molecule has 0 radical (unpaired) electrons. The molecule has 0 bridgehead atoms. The van der Waals surface area contributed by atoms with E-state index >= 15 is 0 Å². The smallest absolute Gasteiger partial charge is 0.257 e. The molecule has 0 fully saturated rings. The molecular formula is C12H20N2O2. The number of rotatable bonds is 6. The second kappa shape index (κ2) is 6.33. The number of nitrogens with two attached hydrogens (primary N) is 1. The predicted octanol–water partition coefficient (Wildman–Crippen LogP) is 1.73. The van der Waals surface area contributed by atoms with Crippen molar-refractivity contribution in [3.8, 4) is 0 Å². The molecule has 0 aliphatic carbocycles. The predicted molar refractivity (Wildman–Crippen MR) is 63.1 cm³/mol. The van der Waals surface area contributed by atoms with Crippen molar-refractivity contribution < 1.29 is 9.21 Å². The summed E-state index contributed by atoms with van der Waals surface area (Å²) in [4.78, 5) is 13.9. The van der Waals surface area contributed by atoms with Gasteiger partial charge in [0.2, 0.25) is 0 Å². The van der Waals surface area contributed by atoms with E-state index in [-0.39, 0.29) is 5.91 Å². The minimum absolute atomic E-state index is 0.0240. The molecule has 1 aromatic rings. The summed E-state index contributed by atoms with van der Waals surface area (Å²) < 4.78 is 4.92. The van der Waals surface area contributed by atoms with Gasteiger partial charge < -0.3 is 15.1 Å². The monoisotopic (exact) mass is 224 g/mol. The average Bonchev–Trinajstić information content (AvgIpc) is 2.76. The lowest BCUT2D eigenvalue weighted by molar-refractivity contribution is 0.0734. The molecule has 1 heterocycles. The summed E-state index contributed by atoms with van der Waals surface area (Å²) in [6.45, 7) is 6.26. The number of hydrogen-bond acceptors (Lipinski definition) is 3. The van der Waals surface area contributed by atoms with Crippen LogP contribution in [0.15, 0.2) is 23.0 Å². The molecule has 0 saturated heterocycles. The fourth-order valence-corrected chi connectivity index (χ4v) is 1.57. The Bertz CT molecular complexity index is 307. The van der Waals surface area contributed by atoms with Crippen LogP contribution in [-0.4, -0.2) is 30.4 Å². The van der Waals surface area contributed by atoms with Gasteiger partial charge in [0.25, 0.3) is 5.91 Å². The zero-order valence-electron chi connectivity index (χ0n) is 9.98. The summed E-state index contributed by atoms with van der Waals surface area (Å²) in [5.74, 6) is 0.476.